The highest BCUT2D eigenvalue weighted by atomic mass is 16.2. The van der Waals surface area contributed by atoms with Crippen molar-refractivity contribution in [3.63, 3.8) is 0 Å². The summed E-state index contributed by atoms with van der Waals surface area (Å²) in [6, 6.07) is 0.578. The van der Waals surface area contributed by atoms with Crippen LogP contribution in [0.1, 0.15) is 41.5 Å². The number of amides is 2. The molecule has 0 aromatic carbocycles. The summed E-state index contributed by atoms with van der Waals surface area (Å²) in [6.07, 6.45) is 0. The third-order valence-corrected chi connectivity index (χ3v) is 3.98. The molecule has 0 aliphatic carbocycles. The van der Waals surface area contributed by atoms with Gasteiger partial charge < -0.3 is 15.1 Å². The molecule has 106 valence electrons. The van der Waals surface area contributed by atoms with Crippen LogP contribution in [0.15, 0.2) is 0 Å². The molecule has 0 radical (unpaired) electrons. The van der Waals surface area contributed by atoms with Gasteiger partial charge in [-0.1, -0.05) is 13.8 Å². The third-order valence-electron chi connectivity index (χ3n) is 3.98. The number of carbonyl (C=O) groups is 1. The van der Waals surface area contributed by atoms with Crippen molar-refractivity contribution in [2.45, 2.75) is 53.1 Å². The summed E-state index contributed by atoms with van der Waals surface area (Å²) in [5.41, 5.74) is -0.106. The summed E-state index contributed by atoms with van der Waals surface area (Å²) in [6.45, 7) is 16.0. The first kappa shape index (κ1) is 15.3. The molecule has 0 bridgehead atoms. The van der Waals surface area contributed by atoms with Crippen molar-refractivity contribution in [1.29, 1.82) is 0 Å². The predicted molar refractivity (Wildman–Crippen MR) is 75.7 cm³/mol. The highest BCUT2D eigenvalue weighted by Crippen LogP contribution is 2.22. The number of piperazine rings is 1. The molecule has 1 unspecified atom stereocenters. The van der Waals surface area contributed by atoms with E-state index in [4.69, 9.17) is 0 Å². The molecule has 0 aromatic rings. The van der Waals surface area contributed by atoms with E-state index >= 15 is 0 Å². The van der Waals surface area contributed by atoms with Crippen LogP contribution >= 0.6 is 0 Å². The molecule has 0 aromatic heterocycles. The second kappa shape index (κ2) is 5.91. The van der Waals surface area contributed by atoms with Crippen LogP contribution in [0, 0.1) is 5.92 Å². The molecule has 1 atom stereocenters. The Bertz CT molecular complexity index is 285. The molecule has 18 heavy (non-hydrogen) atoms. The van der Waals surface area contributed by atoms with Gasteiger partial charge in [0.1, 0.15) is 0 Å². The van der Waals surface area contributed by atoms with Crippen LogP contribution in [-0.2, 0) is 0 Å². The molecular formula is C14H29N3O. The highest BCUT2D eigenvalue weighted by Gasteiger charge is 2.39. The molecule has 1 heterocycles. The van der Waals surface area contributed by atoms with E-state index in [2.05, 4.69) is 33.0 Å². The molecule has 1 aliphatic heterocycles. The van der Waals surface area contributed by atoms with E-state index in [1.807, 2.05) is 23.6 Å². The topological polar surface area (TPSA) is 35.6 Å². The van der Waals surface area contributed by atoms with Crippen molar-refractivity contribution >= 4 is 6.03 Å². The van der Waals surface area contributed by atoms with Crippen LogP contribution in [-0.4, -0.2) is 53.6 Å². The Morgan fingerprint density at radius 1 is 1.39 bits per heavy atom. The Hall–Kier alpha value is -0.770. The number of nitrogens with zero attached hydrogens (tertiary/aromatic N) is 2. The average molecular weight is 255 g/mol. The molecule has 1 rings (SSSR count). The Balaban J connectivity index is 2.84. The minimum Gasteiger partial charge on any atom is -0.325 e. The molecule has 1 aliphatic rings. The normalized spacial score (nSPS) is 23.3. The number of hydrogen-bond acceptors (Lipinski definition) is 2. The van der Waals surface area contributed by atoms with E-state index in [0.717, 1.165) is 26.2 Å². The lowest BCUT2D eigenvalue weighted by molar-refractivity contribution is 0.0621. The van der Waals surface area contributed by atoms with Crippen molar-refractivity contribution in [2.24, 2.45) is 5.92 Å². The lowest BCUT2D eigenvalue weighted by atomic mass is 9.93. The van der Waals surface area contributed by atoms with Crippen LogP contribution in [0.3, 0.4) is 0 Å². The number of carbonyl (C=O) groups excluding carboxylic acids is 1. The fourth-order valence-corrected chi connectivity index (χ4v) is 2.43. The first-order valence-electron chi connectivity index (χ1n) is 7.13. The predicted octanol–water partition coefficient (Wildman–Crippen LogP) is 2.16. The second-order valence-corrected chi connectivity index (χ2v) is 6.11. The van der Waals surface area contributed by atoms with Gasteiger partial charge >= 0.3 is 6.03 Å². The van der Waals surface area contributed by atoms with Gasteiger partial charge in [0.2, 0.25) is 0 Å². The van der Waals surface area contributed by atoms with E-state index < -0.39 is 0 Å². The SMILES string of the molecule is CCN(CC)C(=O)N1CC(C(C)C)NCC1(C)C. The molecule has 4 heteroatoms. The summed E-state index contributed by atoms with van der Waals surface area (Å²) in [7, 11) is 0. The van der Waals surface area contributed by atoms with E-state index in [1.54, 1.807) is 0 Å². The summed E-state index contributed by atoms with van der Waals surface area (Å²) >= 11 is 0. The molecule has 1 N–H and O–H groups in total. The minimum absolute atomic E-state index is 0.106. The maximum Gasteiger partial charge on any atom is 0.320 e. The fourth-order valence-electron chi connectivity index (χ4n) is 2.43. The van der Waals surface area contributed by atoms with Crippen molar-refractivity contribution in [2.75, 3.05) is 26.2 Å². The van der Waals surface area contributed by atoms with Gasteiger partial charge in [-0.2, -0.15) is 0 Å². The fraction of sp³-hybridized carbons (Fsp3) is 0.929. The lowest BCUT2D eigenvalue weighted by Crippen LogP contribution is -2.66. The molecule has 0 spiro atoms. The van der Waals surface area contributed by atoms with Gasteiger partial charge in [-0.05, 0) is 33.6 Å². The van der Waals surface area contributed by atoms with Crippen LogP contribution in [0.2, 0.25) is 0 Å². The molecule has 4 nitrogen and oxygen atoms in total. The number of hydrogen-bond donors (Lipinski definition) is 1. The highest BCUT2D eigenvalue weighted by molar-refractivity contribution is 5.75. The summed E-state index contributed by atoms with van der Waals surface area (Å²) < 4.78 is 0. The van der Waals surface area contributed by atoms with Gasteiger partial charge in [0.25, 0.3) is 0 Å². The maximum absolute atomic E-state index is 12.6. The van der Waals surface area contributed by atoms with Crippen LogP contribution in [0.5, 0.6) is 0 Å². The monoisotopic (exact) mass is 255 g/mol. The van der Waals surface area contributed by atoms with Gasteiger partial charge in [-0.15, -0.1) is 0 Å². The second-order valence-electron chi connectivity index (χ2n) is 6.11. The van der Waals surface area contributed by atoms with Gasteiger partial charge in [-0.3, -0.25) is 0 Å². The van der Waals surface area contributed by atoms with E-state index in [9.17, 15) is 4.79 Å². The summed E-state index contributed by atoms with van der Waals surface area (Å²) in [4.78, 5) is 16.5. The van der Waals surface area contributed by atoms with Crippen molar-refractivity contribution < 1.29 is 4.79 Å². The number of nitrogens with one attached hydrogen (secondary N) is 1. The Morgan fingerprint density at radius 3 is 2.39 bits per heavy atom. The van der Waals surface area contributed by atoms with Crippen LogP contribution in [0.25, 0.3) is 0 Å². The number of urea groups is 1. The largest absolute Gasteiger partial charge is 0.325 e. The zero-order chi connectivity index (χ0) is 13.9. The lowest BCUT2D eigenvalue weighted by Gasteiger charge is -2.48. The quantitative estimate of drug-likeness (QED) is 0.839. The summed E-state index contributed by atoms with van der Waals surface area (Å²) in [5.74, 6) is 0.549. The van der Waals surface area contributed by atoms with Crippen LogP contribution in [0.4, 0.5) is 4.79 Å². The van der Waals surface area contributed by atoms with Crippen molar-refractivity contribution in [3.8, 4) is 0 Å². The molecular weight excluding hydrogens is 226 g/mol. The standard InChI is InChI=1S/C14H29N3O/c1-7-16(8-2)13(18)17-9-12(11(3)4)15-10-14(17,5)6/h11-12,15H,7-10H2,1-6H3. The van der Waals surface area contributed by atoms with Gasteiger partial charge in [0, 0.05) is 32.2 Å². The summed E-state index contributed by atoms with van der Waals surface area (Å²) in [5, 5.41) is 3.56. The molecule has 0 saturated carbocycles. The van der Waals surface area contributed by atoms with Crippen molar-refractivity contribution in [3.05, 3.63) is 0 Å². The van der Waals surface area contributed by atoms with Gasteiger partial charge in [0.15, 0.2) is 0 Å². The molecule has 2 amide bonds. The van der Waals surface area contributed by atoms with E-state index in [1.165, 1.54) is 0 Å². The Labute approximate surface area is 112 Å². The minimum atomic E-state index is -0.106. The van der Waals surface area contributed by atoms with Gasteiger partial charge in [-0.25, -0.2) is 4.79 Å². The van der Waals surface area contributed by atoms with E-state index in [0.29, 0.717) is 12.0 Å². The Morgan fingerprint density at radius 2 is 1.94 bits per heavy atom. The number of rotatable bonds is 3. The van der Waals surface area contributed by atoms with Gasteiger partial charge in [0.05, 0.1) is 5.54 Å². The smallest absolute Gasteiger partial charge is 0.320 e. The molecule has 1 saturated heterocycles. The zero-order valence-corrected chi connectivity index (χ0v) is 12.8. The van der Waals surface area contributed by atoms with E-state index in [-0.39, 0.29) is 11.6 Å². The Kier molecular flexibility index (Phi) is 5.02. The first-order chi connectivity index (χ1) is 8.33. The van der Waals surface area contributed by atoms with Crippen LogP contribution < -0.4 is 5.32 Å². The average Bonchev–Trinajstić information content (AvgIpc) is 2.29. The molecule has 1 fully saturated rings. The third kappa shape index (κ3) is 3.16. The van der Waals surface area contributed by atoms with Crippen molar-refractivity contribution in [1.82, 2.24) is 15.1 Å². The zero-order valence-electron chi connectivity index (χ0n) is 12.8. The first-order valence-corrected chi connectivity index (χ1v) is 7.13. The maximum atomic E-state index is 12.6.